The molecule has 4 rings (SSSR count). The van der Waals surface area contributed by atoms with Crippen LogP contribution in [0.5, 0.6) is 0 Å². The Labute approximate surface area is 225 Å². The molecule has 208 valence electrons. The first-order valence-electron chi connectivity index (χ1n) is 11.9. The number of carbonyl (C=O) groups is 1. The number of carbonyl (C=O) groups excluding carboxylic acids is 1. The highest BCUT2D eigenvalue weighted by Gasteiger charge is 2.32. The van der Waals surface area contributed by atoms with Gasteiger partial charge in [-0.1, -0.05) is 12.1 Å². The Morgan fingerprint density at radius 3 is 2.55 bits per heavy atom. The van der Waals surface area contributed by atoms with Crippen LogP contribution >= 0.6 is 28.2 Å². The molecule has 0 bridgehead atoms. The van der Waals surface area contributed by atoms with Crippen molar-refractivity contribution in [3.8, 4) is 0 Å². The third kappa shape index (κ3) is 7.65. The van der Waals surface area contributed by atoms with Gasteiger partial charge < -0.3 is 44.4 Å². The van der Waals surface area contributed by atoms with E-state index in [2.05, 4.69) is 5.32 Å². The predicted molar refractivity (Wildman–Crippen MR) is 143 cm³/mol. The Bertz CT molecular complexity index is 1130. The van der Waals surface area contributed by atoms with Gasteiger partial charge in [0.25, 0.3) is 5.24 Å². The van der Waals surface area contributed by atoms with Crippen molar-refractivity contribution in [2.75, 3.05) is 49.2 Å². The minimum absolute atomic E-state index is 0.0435. The van der Waals surface area contributed by atoms with Gasteiger partial charge in [-0.2, -0.15) is 0 Å². The molecule has 0 radical (unpaired) electrons. The maximum atomic E-state index is 14.8. The fourth-order valence-corrected chi connectivity index (χ4v) is 6.42. The molecule has 0 aliphatic carbocycles. The largest absolute Gasteiger partial charge is 0.378 e. The van der Waals surface area contributed by atoms with Crippen LogP contribution in [0.2, 0.25) is 0 Å². The van der Waals surface area contributed by atoms with Crippen LogP contribution in [0.4, 0.5) is 20.6 Å². The minimum Gasteiger partial charge on any atom is -0.378 e. The van der Waals surface area contributed by atoms with E-state index in [-0.39, 0.29) is 24.7 Å². The average molecular weight is 590 g/mol. The van der Waals surface area contributed by atoms with Crippen LogP contribution in [0.15, 0.2) is 47.4 Å². The summed E-state index contributed by atoms with van der Waals surface area (Å²) >= 11 is 0.938. The zero-order valence-electron chi connectivity index (χ0n) is 20.3. The number of halogens is 1. The monoisotopic (exact) mass is 589 g/mol. The van der Waals surface area contributed by atoms with Crippen molar-refractivity contribution in [1.82, 2.24) is 5.32 Å². The lowest BCUT2D eigenvalue weighted by atomic mass is 10.2. The lowest BCUT2D eigenvalue weighted by Crippen LogP contribution is -2.37. The van der Waals surface area contributed by atoms with Gasteiger partial charge in [-0.3, -0.25) is 9.36 Å². The molecule has 5 N–H and O–H groups in total. The number of hydrogen-bond donors (Lipinski definition) is 5. The van der Waals surface area contributed by atoms with Gasteiger partial charge in [0.1, 0.15) is 11.2 Å². The summed E-state index contributed by atoms with van der Waals surface area (Å²) in [6, 6.07) is 11.4. The molecule has 0 saturated carbocycles. The molecule has 11 nitrogen and oxygen atoms in total. The topological polar surface area (TPSA) is 152 Å². The van der Waals surface area contributed by atoms with Gasteiger partial charge in [0.15, 0.2) is 8.38 Å². The van der Waals surface area contributed by atoms with E-state index < -0.39 is 40.1 Å². The lowest BCUT2D eigenvalue weighted by molar-refractivity contribution is -0.0865. The Morgan fingerprint density at radius 1 is 1.21 bits per heavy atom. The quantitative estimate of drug-likeness (QED) is 0.216. The molecule has 2 saturated heterocycles. The number of nitrogens with zero attached hydrogens (tertiary/aromatic N) is 2. The molecule has 2 heterocycles. The van der Waals surface area contributed by atoms with Crippen LogP contribution in [-0.4, -0.2) is 82.3 Å². The summed E-state index contributed by atoms with van der Waals surface area (Å²) in [5, 5.41) is 11.6. The number of aliphatic hydroxyl groups excluding tert-OH is 1. The van der Waals surface area contributed by atoms with E-state index in [1.165, 1.54) is 11.0 Å². The highest BCUT2D eigenvalue weighted by atomic mass is 32.2. The number of morpholine rings is 1. The number of benzene rings is 2. The number of nitrogens with one attached hydrogen (secondary N) is 1. The smallest absolute Gasteiger partial charge is 0.283 e. The molecule has 2 aromatic rings. The lowest BCUT2D eigenvalue weighted by Gasteiger charge is -2.30. The predicted octanol–water partition coefficient (Wildman–Crippen LogP) is 2.28. The molecule has 2 aliphatic heterocycles. The number of anilines is 2. The molecule has 2 aliphatic rings. The van der Waals surface area contributed by atoms with E-state index in [0.717, 1.165) is 11.8 Å². The second-order valence-corrected chi connectivity index (χ2v) is 12.9. The molecule has 3 unspecified atom stereocenters. The van der Waals surface area contributed by atoms with Crippen LogP contribution in [0, 0.1) is 5.82 Å². The van der Waals surface area contributed by atoms with Crippen LogP contribution < -0.4 is 15.1 Å². The van der Waals surface area contributed by atoms with Gasteiger partial charge in [0.2, 0.25) is 14.4 Å². The minimum atomic E-state index is -3.10. The summed E-state index contributed by atoms with van der Waals surface area (Å²) in [5.74, 6) is -0.398. The molecule has 2 aromatic carbocycles. The summed E-state index contributed by atoms with van der Waals surface area (Å²) in [5.41, 5.74) is 1.60. The van der Waals surface area contributed by atoms with Crippen molar-refractivity contribution >= 4 is 44.8 Å². The van der Waals surface area contributed by atoms with Gasteiger partial charge in [0, 0.05) is 30.2 Å². The van der Waals surface area contributed by atoms with Crippen molar-refractivity contribution in [3.63, 3.8) is 0 Å². The molecular formula is C23H30FN3O8P2S. The van der Waals surface area contributed by atoms with E-state index in [4.69, 9.17) is 9.47 Å². The average Bonchev–Trinajstić information content (AvgIpc) is 3.27. The number of thioether (sulfide) groups is 1. The van der Waals surface area contributed by atoms with Gasteiger partial charge in [-0.25, -0.2) is 4.39 Å². The fraction of sp³-hybridized carbons (Fsp3) is 0.435. The van der Waals surface area contributed by atoms with Gasteiger partial charge in [-0.15, -0.1) is 0 Å². The van der Waals surface area contributed by atoms with Crippen molar-refractivity contribution in [1.29, 1.82) is 0 Å². The molecule has 1 amide bonds. The van der Waals surface area contributed by atoms with Gasteiger partial charge in [0.05, 0.1) is 31.5 Å². The zero-order valence-corrected chi connectivity index (χ0v) is 23.0. The Balaban J connectivity index is 1.26. The Hall–Kier alpha value is -1.79. The third-order valence-electron chi connectivity index (χ3n) is 6.20. The van der Waals surface area contributed by atoms with E-state index in [0.29, 0.717) is 48.1 Å². The summed E-state index contributed by atoms with van der Waals surface area (Å²) in [7, 11) is -5.63. The van der Waals surface area contributed by atoms with Crippen LogP contribution in [0.1, 0.15) is 5.56 Å². The van der Waals surface area contributed by atoms with Crippen molar-refractivity contribution in [2.45, 2.75) is 29.2 Å². The molecule has 15 heteroatoms. The first kappa shape index (κ1) is 29.2. The zero-order chi connectivity index (χ0) is 27.2. The highest BCUT2D eigenvalue weighted by molar-refractivity contribution is 8.13. The van der Waals surface area contributed by atoms with Crippen molar-refractivity contribution in [2.24, 2.45) is 0 Å². The second kappa shape index (κ2) is 13.5. The number of aliphatic hydroxyl groups is 1. The van der Waals surface area contributed by atoms with E-state index in [1.807, 2.05) is 4.90 Å². The maximum Gasteiger partial charge on any atom is 0.283 e. The van der Waals surface area contributed by atoms with Crippen molar-refractivity contribution in [3.05, 3.63) is 53.8 Å². The first-order chi connectivity index (χ1) is 18.2. The summed E-state index contributed by atoms with van der Waals surface area (Å²) in [6.45, 7) is 2.69. The van der Waals surface area contributed by atoms with Gasteiger partial charge >= 0.3 is 0 Å². The van der Waals surface area contributed by atoms with Crippen molar-refractivity contribution < 1.29 is 43.0 Å². The number of amides is 1. The molecule has 4 atom stereocenters. The SMILES string of the molecule is O=C(NC[C@H]1CN(c2ccc(N3CCOCC3)c(F)c2)C(O)O1)Sc1ccc(CC(P(O)O)[PH](=O)O)cc1. The normalized spacial score (nSPS) is 21.5. The number of ether oxygens (including phenoxy) is 2. The standard InChI is InChI=1S/C23H30FN3O8P2S/c24-19-12-16(3-6-20(19)26-7-9-34-10-8-26)27-14-17(35-23(27)29)13-25-22(28)38-18-4-1-15(2-5-18)11-21(36(30)31)37(32)33/h1-6,12,17,21,23,29-31,37H,7-11,13-14H2,(H,25,28)(H,32,33)/t17-,21?,23?/m0/s1. The van der Waals surface area contributed by atoms with E-state index >= 15 is 0 Å². The van der Waals surface area contributed by atoms with Crippen LogP contribution in [0.25, 0.3) is 0 Å². The highest BCUT2D eigenvalue weighted by Crippen LogP contribution is 2.46. The molecule has 38 heavy (non-hydrogen) atoms. The summed E-state index contributed by atoms with van der Waals surface area (Å²) < 4.78 is 37.0. The molecular weight excluding hydrogens is 559 g/mol. The van der Waals surface area contributed by atoms with Crippen LogP contribution in [0.3, 0.4) is 0 Å². The fourth-order valence-electron chi connectivity index (χ4n) is 4.20. The Morgan fingerprint density at radius 2 is 1.92 bits per heavy atom. The molecule has 0 spiro atoms. The molecule has 2 fully saturated rings. The molecule has 0 aromatic heterocycles. The van der Waals surface area contributed by atoms with E-state index in [9.17, 15) is 33.5 Å². The second-order valence-electron chi connectivity index (χ2n) is 8.76. The third-order valence-corrected chi connectivity index (χ3v) is 9.90. The number of hydrogen-bond acceptors (Lipinski definition) is 10. The maximum absolute atomic E-state index is 14.8. The Kier molecular flexibility index (Phi) is 10.4. The summed E-state index contributed by atoms with van der Waals surface area (Å²) in [6.07, 6.45) is -1.74. The summed E-state index contributed by atoms with van der Waals surface area (Å²) in [4.78, 5) is 44.4. The first-order valence-corrected chi connectivity index (χ1v) is 15.4. The van der Waals surface area contributed by atoms with Crippen LogP contribution in [-0.2, 0) is 20.5 Å². The number of rotatable bonds is 9. The van der Waals surface area contributed by atoms with Gasteiger partial charge in [-0.05, 0) is 54.1 Å². The van der Waals surface area contributed by atoms with E-state index in [1.54, 1.807) is 36.4 Å².